The first-order valence-electron chi connectivity index (χ1n) is 9.16. The van der Waals surface area contributed by atoms with Gasteiger partial charge in [-0.2, -0.15) is 0 Å². The molecule has 0 aliphatic carbocycles. The first-order chi connectivity index (χ1) is 12.9. The lowest BCUT2D eigenvalue weighted by molar-refractivity contribution is 0.0420. The first kappa shape index (κ1) is 22.2. The highest BCUT2D eigenvalue weighted by atomic mass is 127. The van der Waals surface area contributed by atoms with Gasteiger partial charge in [0.1, 0.15) is 5.76 Å². The minimum atomic E-state index is 0. The van der Waals surface area contributed by atoms with Crippen molar-refractivity contribution in [2.24, 2.45) is 4.99 Å². The van der Waals surface area contributed by atoms with E-state index >= 15 is 0 Å². The average Bonchev–Trinajstić information content (AvgIpc) is 3.42. The van der Waals surface area contributed by atoms with Gasteiger partial charge in [-0.05, 0) is 36.4 Å². The molecule has 1 unspecified atom stereocenters. The van der Waals surface area contributed by atoms with Crippen molar-refractivity contribution in [3.8, 4) is 0 Å². The van der Waals surface area contributed by atoms with Crippen molar-refractivity contribution in [3.05, 3.63) is 46.5 Å². The van der Waals surface area contributed by atoms with Gasteiger partial charge in [-0.25, -0.2) is 4.99 Å². The van der Waals surface area contributed by atoms with Gasteiger partial charge in [-0.3, -0.25) is 0 Å². The van der Waals surface area contributed by atoms with Crippen LogP contribution in [-0.4, -0.2) is 45.0 Å². The molecule has 0 aromatic carbocycles. The summed E-state index contributed by atoms with van der Waals surface area (Å²) in [5.41, 5.74) is 0. The fourth-order valence-corrected chi connectivity index (χ4v) is 3.29. The fraction of sp³-hybridized carbons (Fsp3) is 0.526. The van der Waals surface area contributed by atoms with Crippen molar-refractivity contribution >= 4 is 41.3 Å². The predicted octanol–water partition coefficient (Wildman–Crippen LogP) is 3.43. The Morgan fingerprint density at radius 2 is 2.19 bits per heavy atom. The third kappa shape index (κ3) is 8.63. The number of guanidine groups is 1. The van der Waals surface area contributed by atoms with E-state index in [1.807, 2.05) is 12.1 Å². The monoisotopic (exact) mass is 505 g/mol. The van der Waals surface area contributed by atoms with Crippen molar-refractivity contribution in [3.63, 3.8) is 0 Å². The Hall–Kier alpha value is -1.10. The summed E-state index contributed by atoms with van der Waals surface area (Å²) in [6.07, 6.45) is 4.75. The molecule has 2 aromatic heterocycles. The molecule has 150 valence electrons. The second-order valence-electron chi connectivity index (χ2n) is 6.14. The summed E-state index contributed by atoms with van der Waals surface area (Å²) in [7, 11) is 0. The molecule has 6 nitrogen and oxygen atoms in total. The van der Waals surface area contributed by atoms with Crippen molar-refractivity contribution in [2.75, 3.05) is 32.9 Å². The van der Waals surface area contributed by atoms with Crippen LogP contribution in [0.5, 0.6) is 0 Å². The number of rotatable bonds is 10. The van der Waals surface area contributed by atoms with Gasteiger partial charge in [0.15, 0.2) is 5.96 Å². The number of furan rings is 1. The Morgan fingerprint density at radius 1 is 1.26 bits per heavy atom. The normalized spacial score (nSPS) is 16.9. The molecule has 1 aliphatic rings. The van der Waals surface area contributed by atoms with Crippen molar-refractivity contribution in [1.82, 2.24) is 10.6 Å². The molecular formula is C19H28IN3O3S. The number of thiophene rings is 1. The molecule has 1 fully saturated rings. The van der Waals surface area contributed by atoms with Crippen molar-refractivity contribution in [2.45, 2.75) is 31.9 Å². The Morgan fingerprint density at radius 3 is 2.93 bits per heavy atom. The highest BCUT2D eigenvalue weighted by molar-refractivity contribution is 14.0. The zero-order chi connectivity index (χ0) is 17.9. The minimum Gasteiger partial charge on any atom is -0.469 e. The van der Waals surface area contributed by atoms with E-state index in [4.69, 9.17) is 13.9 Å². The third-order valence-electron chi connectivity index (χ3n) is 4.07. The Bertz CT molecular complexity index is 629. The maximum Gasteiger partial charge on any atom is 0.191 e. The second-order valence-corrected chi connectivity index (χ2v) is 7.17. The lowest BCUT2D eigenvalue weighted by Crippen LogP contribution is -2.39. The fourth-order valence-electron chi connectivity index (χ4n) is 2.67. The van der Waals surface area contributed by atoms with Crippen LogP contribution in [0.1, 0.15) is 23.5 Å². The van der Waals surface area contributed by atoms with Crippen LogP contribution >= 0.6 is 35.3 Å². The van der Waals surface area contributed by atoms with E-state index in [1.165, 1.54) is 4.88 Å². The van der Waals surface area contributed by atoms with Crippen LogP contribution in [0.3, 0.4) is 0 Å². The van der Waals surface area contributed by atoms with Crippen LogP contribution < -0.4 is 10.6 Å². The zero-order valence-corrected chi connectivity index (χ0v) is 18.5. The highest BCUT2D eigenvalue weighted by Crippen LogP contribution is 2.09. The van der Waals surface area contributed by atoms with E-state index in [0.717, 1.165) is 63.9 Å². The zero-order valence-electron chi connectivity index (χ0n) is 15.4. The number of halogens is 1. The number of nitrogens with zero attached hydrogens (tertiary/aromatic N) is 1. The third-order valence-corrected chi connectivity index (χ3v) is 4.93. The summed E-state index contributed by atoms with van der Waals surface area (Å²) in [6, 6.07) is 8.06. The van der Waals surface area contributed by atoms with E-state index in [-0.39, 0.29) is 30.1 Å². The average molecular weight is 505 g/mol. The second kappa shape index (κ2) is 13.1. The van der Waals surface area contributed by atoms with Crippen LogP contribution in [-0.2, 0) is 22.4 Å². The largest absolute Gasteiger partial charge is 0.469 e. The number of ether oxygens (including phenoxy) is 2. The van der Waals surface area contributed by atoms with E-state index in [2.05, 4.69) is 33.1 Å². The molecule has 0 radical (unpaired) electrons. The standard InChI is InChI=1S/C19H27N3O3S.HI/c1-4-16(24-10-1)6-9-21-19(22-14-18-5-2-13-26-18)20-8-3-11-25-17-7-12-23-15-17;/h1-2,4-5,10,13,17H,3,6-9,11-12,14-15H2,(H2,20,21,22);1H. The molecule has 3 rings (SSSR count). The lowest BCUT2D eigenvalue weighted by Gasteiger charge is -2.13. The predicted molar refractivity (Wildman–Crippen MR) is 119 cm³/mol. The van der Waals surface area contributed by atoms with Crippen LogP contribution in [0.25, 0.3) is 0 Å². The van der Waals surface area contributed by atoms with Gasteiger partial charge in [0.05, 0.1) is 25.5 Å². The summed E-state index contributed by atoms with van der Waals surface area (Å²) in [5.74, 6) is 1.80. The molecule has 2 aromatic rings. The van der Waals surface area contributed by atoms with Gasteiger partial charge in [0.25, 0.3) is 0 Å². The molecule has 8 heteroatoms. The van der Waals surface area contributed by atoms with E-state index in [9.17, 15) is 0 Å². The summed E-state index contributed by atoms with van der Waals surface area (Å²) in [5, 5.41) is 8.84. The van der Waals surface area contributed by atoms with E-state index in [0.29, 0.717) is 6.54 Å². The van der Waals surface area contributed by atoms with Crippen LogP contribution in [0.2, 0.25) is 0 Å². The number of hydrogen-bond donors (Lipinski definition) is 2. The molecule has 0 bridgehead atoms. The van der Waals surface area contributed by atoms with Gasteiger partial charge in [0.2, 0.25) is 0 Å². The van der Waals surface area contributed by atoms with Crippen LogP contribution in [0.15, 0.2) is 45.3 Å². The first-order valence-corrected chi connectivity index (χ1v) is 10.0. The molecule has 27 heavy (non-hydrogen) atoms. The van der Waals surface area contributed by atoms with Crippen molar-refractivity contribution < 1.29 is 13.9 Å². The van der Waals surface area contributed by atoms with Crippen LogP contribution in [0, 0.1) is 0 Å². The molecule has 3 heterocycles. The molecule has 0 saturated carbocycles. The smallest absolute Gasteiger partial charge is 0.191 e. The summed E-state index contributed by atoms with van der Waals surface area (Å²) >= 11 is 1.72. The van der Waals surface area contributed by atoms with Gasteiger partial charge < -0.3 is 24.5 Å². The molecular weight excluding hydrogens is 477 g/mol. The summed E-state index contributed by atoms with van der Waals surface area (Å²) in [6.45, 7) is 4.58. The number of aliphatic imine (C=N–C) groups is 1. The topological polar surface area (TPSA) is 68.0 Å². The van der Waals surface area contributed by atoms with E-state index in [1.54, 1.807) is 17.6 Å². The maximum atomic E-state index is 5.80. The molecule has 0 amide bonds. The number of hydrogen-bond acceptors (Lipinski definition) is 5. The van der Waals surface area contributed by atoms with Gasteiger partial charge in [-0.15, -0.1) is 35.3 Å². The maximum absolute atomic E-state index is 5.80. The summed E-state index contributed by atoms with van der Waals surface area (Å²) in [4.78, 5) is 5.93. The minimum absolute atomic E-state index is 0. The van der Waals surface area contributed by atoms with Gasteiger partial charge in [-0.1, -0.05) is 6.07 Å². The molecule has 0 spiro atoms. The highest BCUT2D eigenvalue weighted by Gasteiger charge is 2.15. The summed E-state index contributed by atoms with van der Waals surface area (Å²) < 4.78 is 16.5. The molecule has 1 aliphatic heterocycles. The SMILES string of the molecule is I.c1coc(CCNC(=NCc2cccs2)NCCCOC2CCOC2)c1. The quantitative estimate of drug-likeness (QED) is 0.224. The molecule has 1 atom stereocenters. The van der Waals surface area contributed by atoms with Crippen LogP contribution in [0.4, 0.5) is 0 Å². The Balaban J connectivity index is 0.00000261. The lowest BCUT2D eigenvalue weighted by atomic mass is 10.3. The Labute approximate surface area is 181 Å². The number of nitrogens with one attached hydrogen (secondary N) is 2. The molecule has 1 saturated heterocycles. The van der Waals surface area contributed by atoms with Gasteiger partial charge >= 0.3 is 0 Å². The molecule has 2 N–H and O–H groups in total. The van der Waals surface area contributed by atoms with Gasteiger partial charge in [0, 0.05) is 37.6 Å². The Kier molecular flexibility index (Phi) is 10.8. The van der Waals surface area contributed by atoms with Crippen molar-refractivity contribution in [1.29, 1.82) is 0 Å². The van der Waals surface area contributed by atoms with E-state index < -0.39 is 0 Å².